The Kier molecular flexibility index (Phi) is 8.61. The van der Waals surface area contributed by atoms with Crippen molar-refractivity contribution in [3.8, 4) is 0 Å². The standard InChI is InChI=1S/C10H13.C5H5.Fe/c1-3-6-10-8-5-7-9(10)4-2;1-2-4-5-3-1;/h3,5,7-8H,1,4,6H2,2H3;1-5H;/q2*-1;+2. The Labute approximate surface area is 109 Å². The molecule has 0 saturated heterocycles. The summed E-state index contributed by atoms with van der Waals surface area (Å²) in [7, 11) is 0. The van der Waals surface area contributed by atoms with Crippen LogP contribution in [0.5, 0.6) is 0 Å². The molecule has 0 amide bonds. The Morgan fingerprint density at radius 2 is 2.00 bits per heavy atom. The minimum Gasteiger partial charge on any atom is -0.214 e. The first kappa shape index (κ1) is 15.0. The van der Waals surface area contributed by atoms with Crippen molar-refractivity contribution in [2.24, 2.45) is 0 Å². The second-order valence-corrected chi connectivity index (χ2v) is 3.38. The number of allylic oxidation sites excluding steroid dienone is 1. The van der Waals surface area contributed by atoms with E-state index >= 15 is 0 Å². The Balaban J connectivity index is 0.000000318. The predicted octanol–water partition coefficient (Wildman–Crippen LogP) is 4.10. The van der Waals surface area contributed by atoms with Crippen molar-refractivity contribution in [3.05, 3.63) is 72.3 Å². The number of hydrogen-bond donors (Lipinski definition) is 0. The second-order valence-electron chi connectivity index (χ2n) is 3.38. The fourth-order valence-electron chi connectivity index (χ4n) is 1.51. The molecule has 2 rings (SSSR count). The van der Waals surface area contributed by atoms with E-state index in [4.69, 9.17) is 0 Å². The SMILES string of the molecule is C=CCc1ccc[c-]1CC.[Fe+2].c1cc[cH-]c1. The zero-order chi connectivity index (χ0) is 10.9. The molecule has 0 spiro atoms. The van der Waals surface area contributed by atoms with E-state index in [1.807, 2.05) is 36.4 Å². The van der Waals surface area contributed by atoms with Crippen molar-refractivity contribution in [2.45, 2.75) is 19.8 Å². The molecule has 0 aromatic heterocycles. The summed E-state index contributed by atoms with van der Waals surface area (Å²) < 4.78 is 0. The van der Waals surface area contributed by atoms with Crippen LogP contribution in [0.2, 0.25) is 0 Å². The summed E-state index contributed by atoms with van der Waals surface area (Å²) >= 11 is 0. The van der Waals surface area contributed by atoms with Crippen LogP contribution in [-0.2, 0) is 29.9 Å². The van der Waals surface area contributed by atoms with Gasteiger partial charge in [0, 0.05) is 0 Å². The van der Waals surface area contributed by atoms with E-state index in [9.17, 15) is 0 Å². The Morgan fingerprint density at radius 1 is 1.31 bits per heavy atom. The molecule has 0 atom stereocenters. The fraction of sp³-hybridized carbons (Fsp3) is 0.200. The average molecular weight is 254 g/mol. The van der Waals surface area contributed by atoms with Gasteiger partial charge in [0.15, 0.2) is 0 Å². The molecular weight excluding hydrogens is 236 g/mol. The maximum Gasteiger partial charge on any atom is 2.00 e. The molecule has 0 fully saturated rings. The first-order chi connectivity index (χ1) is 7.38. The summed E-state index contributed by atoms with van der Waals surface area (Å²) in [6, 6.07) is 16.5. The van der Waals surface area contributed by atoms with Crippen LogP contribution in [0.4, 0.5) is 0 Å². The summed E-state index contributed by atoms with van der Waals surface area (Å²) in [5.74, 6) is 0. The number of rotatable bonds is 3. The van der Waals surface area contributed by atoms with Gasteiger partial charge in [-0.05, 0) is 6.42 Å². The topological polar surface area (TPSA) is 0 Å². The van der Waals surface area contributed by atoms with Crippen molar-refractivity contribution < 1.29 is 17.1 Å². The molecule has 0 bridgehead atoms. The molecule has 0 aliphatic rings. The maximum atomic E-state index is 3.71. The molecule has 2 aromatic rings. The summed E-state index contributed by atoms with van der Waals surface area (Å²) in [5.41, 5.74) is 2.89. The van der Waals surface area contributed by atoms with Crippen molar-refractivity contribution in [3.63, 3.8) is 0 Å². The summed E-state index contributed by atoms with van der Waals surface area (Å²) in [6.45, 7) is 5.89. The Morgan fingerprint density at radius 3 is 2.44 bits per heavy atom. The first-order valence-electron chi connectivity index (χ1n) is 5.39. The third-order valence-electron chi connectivity index (χ3n) is 2.31. The molecule has 0 unspecified atom stereocenters. The van der Waals surface area contributed by atoms with Gasteiger partial charge < -0.3 is 0 Å². The quantitative estimate of drug-likeness (QED) is 0.439. The monoisotopic (exact) mass is 254 g/mol. The predicted molar refractivity (Wildman–Crippen MR) is 67.3 cm³/mol. The molecule has 16 heavy (non-hydrogen) atoms. The number of aryl methyl sites for hydroxylation is 1. The van der Waals surface area contributed by atoms with E-state index in [1.165, 1.54) is 11.1 Å². The zero-order valence-corrected chi connectivity index (χ0v) is 10.8. The molecule has 0 aliphatic heterocycles. The van der Waals surface area contributed by atoms with Crippen LogP contribution in [-0.4, -0.2) is 0 Å². The van der Waals surface area contributed by atoms with Crippen LogP contribution in [0.25, 0.3) is 0 Å². The third-order valence-corrected chi connectivity index (χ3v) is 2.31. The van der Waals surface area contributed by atoms with Gasteiger partial charge in [0.05, 0.1) is 0 Å². The maximum absolute atomic E-state index is 3.71. The van der Waals surface area contributed by atoms with E-state index < -0.39 is 0 Å². The van der Waals surface area contributed by atoms with Gasteiger partial charge in [-0.2, -0.15) is 35.4 Å². The van der Waals surface area contributed by atoms with E-state index in [1.54, 1.807) is 0 Å². The molecule has 0 saturated carbocycles. The molecule has 0 radical (unpaired) electrons. The molecule has 1 heteroatoms. The molecule has 86 valence electrons. The third kappa shape index (κ3) is 5.16. The van der Waals surface area contributed by atoms with Crippen LogP contribution < -0.4 is 0 Å². The van der Waals surface area contributed by atoms with Crippen LogP contribution in [0.1, 0.15) is 18.1 Å². The van der Waals surface area contributed by atoms with Gasteiger partial charge in [0.2, 0.25) is 0 Å². The van der Waals surface area contributed by atoms with Crippen molar-refractivity contribution in [1.82, 2.24) is 0 Å². The van der Waals surface area contributed by atoms with Crippen LogP contribution in [0.3, 0.4) is 0 Å². The molecule has 0 N–H and O–H groups in total. The zero-order valence-electron chi connectivity index (χ0n) is 9.67. The van der Waals surface area contributed by atoms with Gasteiger partial charge in [0.25, 0.3) is 0 Å². The Hall–Kier alpha value is -1.04. The van der Waals surface area contributed by atoms with E-state index in [0.717, 1.165) is 12.8 Å². The molecular formula is C15H18Fe. The van der Waals surface area contributed by atoms with Crippen LogP contribution in [0, 0.1) is 0 Å². The van der Waals surface area contributed by atoms with E-state index in [2.05, 4.69) is 31.7 Å². The van der Waals surface area contributed by atoms with Crippen LogP contribution >= 0.6 is 0 Å². The molecule has 2 aromatic carbocycles. The van der Waals surface area contributed by atoms with Gasteiger partial charge in [-0.1, -0.05) is 19.4 Å². The average Bonchev–Trinajstić information content (AvgIpc) is 2.92. The van der Waals surface area contributed by atoms with Crippen molar-refractivity contribution in [1.29, 1.82) is 0 Å². The smallest absolute Gasteiger partial charge is 0.214 e. The van der Waals surface area contributed by atoms with E-state index in [-0.39, 0.29) is 17.1 Å². The normalized spacial score (nSPS) is 8.56. The molecule has 0 aliphatic carbocycles. The number of hydrogen-bond acceptors (Lipinski definition) is 0. The van der Waals surface area contributed by atoms with Crippen LogP contribution in [0.15, 0.2) is 61.2 Å². The summed E-state index contributed by atoms with van der Waals surface area (Å²) in [6.07, 6.45) is 4.10. The molecule has 0 heterocycles. The fourth-order valence-corrected chi connectivity index (χ4v) is 1.51. The second kappa shape index (κ2) is 9.20. The summed E-state index contributed by atoms with van der Waals surface area (Å²) in [4.78, 5) is 0. The largest absolute Gasteiger partial charge is 2.00 e. The van der Waals surface area contributed by atoms with E-state index in [0.29, 0.717) is 0 Å². The van der Waals surface area contributed by atoms with Gasteiger partial charge in [-0.25, -0.2) is 24.3 Å². The minimum absolute atomic E-state index is 0. The van der Waals surface area contributed by atoms with Crippen molar-refractivity contribution in [2.75, 3.05) is 0 Å². The summed E-state index contributed by atoms with van der Waals surface area (Å²) in [5, 5.41) is 0. The van der Waals surface area contributed by atoms with Gasteiger partial charge >= 0.3 is 17.1 Å². The van der Waals surface area contributed by atoms with Gasteiger partial charge in [-0.3, -0.25) is 0 Å². The van der Waals surface area contributed by atoms with Gasteiger partial charge in [0.1, 0.15) is 0 Å². The van der Waals surface area contributed by atoms with Crippen molar-refractivity contribution >= 4 is 0 Å². The molecule has 0 nitrogen and oxygen atoms in total. The van der Waals surface area contributed by atoms with Gasteiger partial charge in [-0.15, -0.1) is 6.58 Å². The minimum atomic E-state index is 0. The Bertz CT molecular complexity index is 337. The first-order valence-corrected chi connectivity index (χ1v) is 5.39.